The summed E-state index contributed by atoms with van der Waals surface area (Å²) in [5, 5.41) is 15.7. The maximum atomic E-state index is 12.1. The van der Waals surface area contributed by atoms with Crippen LogP contribution in [-0.2, 0) is 11.3 Å². The lowest BCUT2D eigenvalue weighted by Gasteiger charge is -2.15. The second-order valence-corrected chi connectivity index (χ2v) is 5.27. The van der Waals surface area contributed by atoms with Crippen molar-refractivity contribution in [2.75, 3.05) is 0 Å². The number of carbonyl (C=O) groups is 2. The third kappa shape index (κ3) is 4.36. The molecule has 1 aromatic rings. The van der Waals surface area contributed by atoms with Gasteiger partial charge in [-0.15, -0.1) is 0 Å². The number of nitrogens with zero attached hydrogens (tertiary/aromatic N) is 2. The molecule has 1 heterocycles. The summed E-state index contributed by atoms with van der Waals surface area (Å²) in [6.45, 7) is 0.284. The molecule has 1 fully saturated rings. The van der Waals surface area contributed by atoms with Crippen LogP contribution in [0.3, 0.4) is 0 Å². The summed E-state index contributed by atoms with van der Waals surface area (Å²) in [5.41, 5.74) is 0.361. The molecule has 0 bridgehead atoms. The van der Waals surface area contributed by atoms with E-state index < -0.39 is 5.97 Å². The highest BCUT2D eigenvalue weighted by Gasteiger charge is 2.17. The van der Waals surface area contributed by atoms with Gasteiger partial charge in [-0.3, -0.25) is 14.3 Å². The second-order valence-electron chi connectivity index (χ2n) is 5.27. The first-order chi connectivity index (χ1) is 9.65. The highest BCUT2D eigenvalue weighted by Crippen LogP contribution is 2.17. The van der Waals surface area contributed by atoms with Gasteiger partial charge >= 0.3 is 5.97 Å². The molecule has 1 aliphatic rings. The number of nitrogens with one attached hydrogen (secondary N) is 1. The van der Waals surface area contributed by atoms with Gasteiger partial charge in [0.15, 0.2) is 0 Å². The molecule has 0 aliphatic heterocycles. The van der Waals surface area contributed by atoms with E-state index in [-0.39, 0.29) is 24.9 Å². The summed E-state index contributed by atoms with van der Waals surface area (Å²) in [4.78, 5) is 22.6. The van der Waals surface area contributed by atoms with Crippen molar-refractivity contribution in [3.8, 4) is 0 Å². The predicted octanol–water partition coefficient (Wildman–Crippen LogP) is 1.81. The lowest BCUT2D eigenvalue weighted by atomic mass is 10.1. The van der Waals surface area contributed by atoms with Crippen molar-refractivity contribution in [3.05, 3.63) is 18.0 Å². The topological polar surface area (TPSA) is 84.2 Å². The zero-order valence-corrected chi connectivity index (χ0v) is 11.5. The predicted molar refractivity (Wildman–Crippen MR) is 73.4 cm³/mol. The molecule has 0 radical (unpaired) electrons. The van der Waals surface area contributed by atoms with Crippen LogP contribution in [0.5, 0.6) is 0 Å². The number of carboxylic acid groups (broad SMARTS) is 1. The van der Waals surface area contributed by atoms with Crippen LogP contribution >= 0.6 is 0 Å². The van der Waals surface area contributed by atoms with Crippen molar-refractivity contribution >= 4 is 11.9 Å². The average molecular weight is 279 g/mol. The normalized spacial score (nSPS) is 16.6. The Morgan fingerprint density at radius 2 is 2.00 bits per heavy atom. The van der Waals surface area contributed by atoms with Crippen molar-refractivity contribution in [3.63, 3.8) is 0 Å². The summed E-state index contributed by atoms with van der Waals surface area (Å²) >= 11 is 0. The van der Waals surface area contributed by atoms with E-state index in [1.165, 1.54) is 17.5 Å². The molecular formula is C14H21N3O3. The summed E-state index contributed by atoms with van der Waals surface area (Å²) < 4.78 is 1.50. The molecule has 2 N–H and O–H groups in total. The quantitative estimate of drug-likeness (QED) is 0.805. The minimum Gasteiger partial charge on any atom is -0.481 e. The van der Waals surface area contributed by atoms with Crippen molar-refractivity contribution in [2.45, 2.75) is 57.5 Å². The fourth-order valence-electron chi connectivity index (χ4n) is 2.50. The number of rotatable bonds is 5. The number of hydrogen-bond donors (Lipinski definition) is 2. The maximum absolute atomic E-state index is 12.1. The minimum atomic E-state index is -0.870. The number of aliphatic carboxylic acids is 1. The first-order valence-corrected chi connectivity index (χ1v) is 7.21. The van der Waals surface area contributed by atoms with Crippen LogP contribution in [0.1, 0.15) is 55.4 Å². The highest BCUT2D eigenvalue weighted by atomic mass is 16.4. The molecule has 1 amide bonds. The van der Waals surface area contributed by atoms with Gasteiger partial charge in [0.25, 0.3) is 5.91 Å². The van der Waals surface area contributed by atoms with Gasteiger partial charge in [-0.1, -0.05) is 25.7 Å². The van der Waals surface area contributed by atoms with Crippen LogP contribution in [0, 0.1) is 0 Å². The van der Waals surface area contributed by atoms with Crippen LogP contribution in [0.15, 0.2) is 12.3 Å². The zero-order chi connectivity index (χ0) is 14.4. The van der Waals surface area contributed by atoms with Gasteiger partial charge in [-0.05, 0) is 18.9 Å². The number of carboxylic acids is 1. The van der Waals surface area contributed by atoms with Crippen molar-refractivity contribution in [1.82, 2.24) is 15.1 Å². The molecule has 110 valence electrons. The number of aryl methyl sites for hydroxylation is 1. The van der Waals surface area contributed by atoms with Crippen molar-refractivity contribution < 1.29 is 14.7 Å². The van der Waals surface area contributed by atoms with Gasteiger partial charge < -0.3 is 10.4 Å². The molecule has 2 rings (SSSR count). The molecule has 0 saturated heterocycles. The Kier molecular flexibility index (Phi) is 5.15. The molecule has 1 aliphatic carbocycles. The fourth-order valence-corrected chi connectivity index (χ4v) is 2.50. The van der Waals surface area contributed by atoms with E-state index in [4.69, 9.17) is 5.11 Å². The maximum Gasteiger partial charge on any atom is 0.305 e. The molecule has 6 nitrogen and oxygen atoms in total. The Balaban J connectivity index is 1.86. The van der Waals surface area contributed by atoms with Crippen LogP contribution in [0.4, 0.5) is 0 Å². The number of amides is 1. The molecule has 0 aromatic carbocycles. The Morgan fingerprint density at radius 3 is 2.65 bits per heavy atom. The Hall–Kier alpha value is -1.85. The van der Waals surface area contributed by atoms with Gasteiger partial charge in [-0.25, -0.2) is 0 Å². The van der Waals surface area contributed by atoms with Gasteiger partial charge in [0.05, 0.1) is 13.0 Å². The van der Waals surface area contributed by atoms with Crippen LogP contribution in [0.2, 0.25) is 0 Å². The molecule has 20 heavy (non-hydrogen) atoms. The first kappa shape index (κ1) is 14.6. The number of aromatic nitrogens is 2. The largest absolute Gasteiger partial charge is 0.481 e. The summed E-state index contributed by atoms with van der Waals surface area (Å²) in [6.07, 6.45) is 8.54. The van der Waals surface area contributed by atoms with Crippen LogP contribution < -0.4 is 5.32 Å². The average Bonchev–Trinajstić information content (AvgIpc) is 2.75. The molecular weight excluding hydrogens is 258 g/mol. The van der Waals surface area contributed by atoms with Gasteiger partial charge in [-0.2, -0.15) is 5.10 Å². The Morgan fingerprint density at radius 1 is 1.30 bits per heavy atom. The third-order valence-corrected chi connectivity index (χ3v) is 3.62. The first-order valence-electron chi connectivity index (χ1n) is 7.21. The smallest absolute Gasteiger partial charge is 0.305 e. The van der Waals surface area contributed by atoms with E-state index in [0.29, 0.717) is 5.69 Å². The van der Waals surface area contributed by atoms with E-state index in [1.807, 2.05) is 0 Å². The summed E-state index contributed by atoms with van der Waals surface area (Å²) in [7, 11) is 0. The lowest BCUT2D eigenvalue weighted by molar-refractivity contribution is -0.137. The third-order valence-electron chi connectivity index (χ3n) is 3.62. The van der Waals surface area contributed by atoms with Crippen LogP contribution in [0.25, 0.3) is 0 Å². The van der Waals surface area contributed by atoms with E-state index in [2.05, 4.69) is 10.4 Å². The van der Waals surface area contributed by atoms with Crippen LogP contribution in [-0.4, -0.2) is 32.8 Å². The summed E-state index contributed by atoms with van der Waals surface area (Å²) in [5.74, 6) is -1.03. The monoisotopic (exact) mass is 279 g/mol. The lowest BCUT2D eigenvalue weighted by Crippen LogP contribution is -2.34. The van der Waals surface area contributed by atoms with Gasteiger partial charge in [0, 0.05) is 12.2 Å². The summed E-state index contributed by atoms with van der Waals surface area (Å²) in [6, 6.07) is 1.88. The SMILES string of the molecule is O=C(O)CCn1ccc(C(=O)NC2CCCCCC2)n1. The van der Waals surface area contributed by atoms with E-state index in [1.54, 1.807) is 12.3 Å². The molecule has 0 spiro atoms. The Labute approximate surface area is 118 Å². The minimum absolute atomic E-state index is 0.00532. The number of carbonyl (C=O) groups excluding carboxylic acids is 1. The molecule has 0 atom stereocenters. The number of hydrogen-bond acceptors (Lipinski definition) is 3. The van der Waals surface area contributed by atoms with E-state index in [9.17, 15) is 9.59 Å². The second kappa shape index (κ2) is 7.07. The standard InChI is InChI=1S/C14H21N3O3/c18-13(19)8-10-17-9-7-12(16-17)14(20)15-11-5-3-1-2-4-6-11/h7,9,11H,1-6,8,10H2,(H,15,20)(H,18,19). The van der Waals surface area contributed by atoms with Gasteiger partial charge in [0.1, 0.15) is 5.69 Å². The zero-order valence-electron chi connectivity index (χ0n) is 11.5. The molecule has 0 unspecified atom stereocenters. The van der Waals surface area contributed by atoms with E-state index >= 15 is 0 Å². The van der Waals surface area contributed by atoms with Crippen molar-refractivity contribution in [1.29, 1.82) is 0 Å². The Bertz CT molecular complexity index is 462. The van der Waals surface area contributed by atoms with E-state index in [0.717, 1.165) is 25.7 Å². The van der Waals surface area contributed by atoms with Crippen molar-refractivity contribution in [2.24, 2.45) is 0 Å². The fraction of sp³-hybridized carbons (Fsp3) is 0.643. The highest BCUT2D eigenvalue weighted by molar-refractivity contribution is 5.92. The van der Waals surface area contributed by atoms with Gasteiger partial charge in [0.2, 0.25) is 0 Å². The molecule has 1 saturated carbocycles. The molecule has 6 heteroatoms. The molecule has 1 aromatic heterocycles.